The predicted octanol–water partition coefficient (Wildman–Crippen LogP) is 2.82. The molecule has 0 aliphatic carbocycles. The van der Waals surface area contributed by atoms with E-state index in [1.54, 1.807) is 6.20 Å². The molecule has 0 amide bonds. The van der Waals surface area contributed by atoms with Crippen LogP contribution in [0.1, 0.15) is 13.8 Å². The van der Waals surface area contributed by atoms with Crippen molar-refractivity contribution in [3.63, 3.8) is 0 Å². The van der Waals surface area contributed by atoms with Gasteiger partial charge in [0.15, 0.2) is 0 Å². The molecule has 108 valence electrons. The van der Waals surface area contributed by atoms with Gasteiger partial charge in [-0.1, -0.05) is 19.9 Å². The summed E-state index contributed by atoms with van der Waals surface area (Å²) in [7, 11) is 4.19. The topological polar surface area (TPSA) is 54.2 Å². The lowest BCUT2D eigenvalue weighted by molar-refractivity contribution is 0.254. The zero-order valence-electron chi connectivity index (χ0n) is 12.8. The molecule has 0 aliphatic rings. The second-order valence-corrected chi connectivity index (χ2v) is 6.38. The first-order valence-electron chi connectivity index (χ1n) is 6.90. The van der Waals surface area contributed by atoms with Crippen molar-refractivity contribution in [1.29, 1.82) is 0 Å². The number of benzene rings is 1. The maximum Gasteiger partial charge on any atom is 0.0630 e. The van der Waals surface area contributed by atoms with Crippen LogP contribution in [0.4, 0.5) is 11.4 Å². The third-order valence-corrected chi connectivity index (χ3v) is 3.36. The van der Waals surface area contributed by atoms with Crippen molar-refractivity contribution in [2.24, 2.45) is 5.41 Å². The molecule has 3 N–H and O–H groups in total. The van der Waals surface area contributed by atoms with Crippen LogP contribution in [-0.2, 0) is 0 Å². The summed E-state index contributed by atoms with van der Waals surface area (Å²) in [5.74, 6) is 0. The number of pyridine rings is 1. The molecule has 2 aromatic rings. The number of nitrogens with zero attached hydrogens (tertiary/aromatic N) is 2. The Labute approximate surface area is 121 Å². The minimum Gasteiger partial charge on any atom is -0.397 e. The van der Waals surface area contributed by atoms with E-state index in [1.165, 1.54) is 0 Å². The van der Waals surface area contributed by atoms with Crippen molar-refractivity contribution < 1.29 is 0 Å². The van der Waals surface area contributed by atoms with Gasteiger partial charge in [-0.15, -0.1) is 0 Å². The highest BCUT2D eigenvalue weighted by atomic mass is 15.1. The van der Waals surface area contributed by atoms with Crippen molar-refractivity contribution in [3.8, 4) is 0 Å². The number of nitrogens with two attached hydrogens (primary N) is 1. The second-order valence-electron chi connectivity index (χ2n) is 6.38. The van der Waals surface area contributed by atoms with Crippen molar-refractivity contribution >= 4 is 22.1 Å². The van der Waals surface area contributed by atoms with E-state index in [1.807, 2.05) is 18.3 Å². The number of aromatic nitrogens is 1. The first-order valence-corrected chi connectivity index (χ1v) is 6.90. The standard InChI is InChI=1S/C16H24N4/c1-16(2,11-20(3)4)10-19-14-6-5-12-9-18-8-7-13(12)15(14)17/h5-9,19H,10-11,17H2,1-4H3. The first-order chi connectivity index (χ1) is 9.39. The van der Waals surface area contributed by atoms with Crippen LogP contribution in [0.3, 0.4) is 0 Å². The molecule has 0 fully saturated rings. The summed E-state index contributed by atoms with van der Waals surface area (Å²) in [6.07, 6.45) is 3.61. The normalized spacial score (nSPS) is 12.1. The molecule has 0 unspecified atom stereocenters. The molecule has 0 saturated heterocycles. The number of nitrogens with one attached hydrogen (secondary N) is 1. The number of fused-ring (bicyclic) bond motifs is 1. The number of hydrogen-bond donors (Lipinski definition) is 2. The third kappa shape index (κ3) is 3.39. The maximum atomic E-state index is 6.25. The average Bonchev–Trinajstić information content (AvgIpc) is 2.37. The summed E-state index contributed by atoms with van der Waals surface area (Å²) in [6, 6.07) is 6.05. The van der Waals surface area contributed by atoms with Crippen molar-refractivity contribution in [2.75, 3.05) is 38.2 Å². The van der Waals surface area contributed by atoms with E-state index in [2.05, 4.69) is 49.2 Å². The van der Waals surface area contributed by atoms with Gasteiger partial charge in [-0.25, -0.2) is 0 Å². The van der Waals surface area contributed by atoms with Crippen LogP contribution in [0.5, 0.6) is 0 Å². The molecular formula is C16H24N4. The van der Waals surface area contributed by atoms with E-state index in [9.17, 15) is 0 Å². The Morgan fingerprint density at radius 2 is 2.00 bits per heavy atom. The highest BCUT2D eigenvalue weighted by Gasteiger charge is 2.19. The fourth-order valence-electron chi connectivity index (χ4n) is 2.59. The second kappa shape index (κ2) is 5.67. The Morgan fingerprint density at radius 1 is 1.25 bits per heavy atom. The molecule has 1 aromatic carbocycles. The minimum atomic E-state index is 0.184. The zero-order chi connectivity index (χ0) is 14.8. The molecule has 0 atom stereocenters. The molecule has 1 heterocycles. The first kappa shape index (κ1) is 14.6. The summed E-state index contributed by atoms with van der Waals surface area (Å²) < 4.78 is 0. The SMILES string of the molecule is CN(C)CC(C)(C)CNc1ccc2cnccc2c1N. The molecule has 20 heavy (non-hydrogen) atoms. The number of hydrogen-bond acceptors (Lipinski definition) is 4. The Kier molecular flexibility index (Phi) is 4.14. The van der Waals surface area contributed by atoms with Crippen LogP contribution in [0, 0.1) is 5.41 Å². The molecule has 4 heteroatoms. The van der Waals surface area contributed by atoms with E-state index in [0.29, 0.717) is 0 Å². The van der Waals surface area contributed by atoms with Crippen LogP contribution in [0.25, 0.3) is 10.8 Å². The number of anilines is 2. The molecule has 0 bridgehead atoms. The fraction of sp³-hybridized carbons (Fsp3) is 0.438. The number of rotatable bonds is 5. The predicted molar refractivity (Wildman–Crippen MR) is 87.0 cm³/mol. The fourth-order valence-corrected chi connectivity index (χ4v) is 2.59. The Bertz CT molecular complexity index is 590. The molecule has 0 radical (unpaired) electrons. The van der Waals surface area contributed by atoms with Gasteiger partial charge in [-0.05, 0) is 31.6 Å². The Hall–Kier alpha value is -1.81. The number of nitrogen functional groups attached to an aromatic ring is 1. The quantitative estimate of drug-likeness (QED) is 0.822. The van der Waals surface area contributed by atoms with Crippen LogP contribution in [-0.4, -0.2) is 37.1 Å². The molecule has 2 rings (SSSR count). The molecule has 0 spiro atoms. The van der Waals surface area contributed by atoms with Gasteiger partial charge in [-0.2, -0.15) is 0 Å². The summed E-state index contributed by atoms with van der Waals surface area (Å²) in [6.45, 7) is 6.41. The van der Waals surface area contributed by atoms with Gasteiger partial charge in [-0.3, -0.25) is 4.98 Å². The van der Waals surface area contributed by atoms with Gasteiger partial charge < -0.3 is 16.0 Å². The summed E-state index contributed by atoms with van der Waals surface area (Å²) in [5.41, 5.74) is 8.23. The molecular weight excluding hydrogens is 248 g/mol. The highest BCUT2D eigenvalue weighted by molar-refractivity contribution is 5.98. The lowest BCUT2D eigenvalue weighted by Gasteiger charge is -2.29. The van der Waals surface area contributed by atoms with E-state index >= 15 is 0 Å². The van der Waals surface area contributed by atoms with Crippen LogP contribution < -0.4 is 11.1 Å². The zero-order valence-corrected chi connectivity index (χ0v) is 12.8. The van der Waals surface area contributed by atoms with Crippen LogP contribution in [0.2, 0.25) is 0 Å². The lowest BCUT2D eigenvalue weighted by atomic mass is 9.92. The van der Waals surface area contributed by atoms with Gasteiger partial charge in [0.2, 0.25) is 0 Å². The van der Waals surface area contributed by atoms with Crippen molar-refractivity contribution in [3.05, 3.63) is 30.6 Å². The summed E-state index contributed by atoms with van der Waals surface area (Å²) in [4.78, 5) is 6.33. The van der Waals surface area contributed by atoms with Crippen LogP contribution >= 0.6 is 0 Å². The molecule has 0 saturated carbocycles. The summed E-state index contributed by atoms with van der Waals surface area (Å²) in [5, 5.41) is 5.60. The lowest BCUT2D eigenvalue weighted by Crippen LogP contribution is -2.34. The monoisotopic (exact) mass is 272 g/mol. The molecule has 1 aromatic heterocycles. The van der Waals surface area contributed by atoms with Crippen molar-refractivity contribution in [1.82, 2.24) is 9.88 Å². The van der Waals surface area contributed by atoms with E-state index in [0.717, 1.165) is 35.2 Å². The molecule has 0 aliphatic heterocycles. The maximum absolute atomic E-state index is 6.25. The van der Waals surface area contributed by atoms with Gasteiger partial charge in [0.1, 0.15) is 0 Å². The Balaban J connectivity index is 2.16. The third-order valence-electron chi connectivity index (χ3n) is 3.36. The van der Waals surface area contributed by atoms with E-state index in [-0.39, 0.29) is 5.41 Å². The summed E-state index contributed by atoms with van der Waals surface area (Å²) >= 11 is 0. The molecule has 4 nitrogen and oxygen atoms in total. The minimum absolute atomic E-state index is 0.184. The highest BCUT2D eigenvalue weighted by Crippen LogP contribution is 2.29. The van der Waals surface area contributed by atoms with Gasteiger partial charge in [0.25, 0.3) is 0 Å². The Morgan fingerprint density at radius 3 is 2.70 bits per heavy atom. The van der Waals surface area contributed by atoms with Gasteiger partial charge in [0.05, 0.1) is 11.4 Å². The smallest absolute Gasteiger partial charge is 0.0630 e. The van der Waals surface area contributed by atoms with E-state index < -0.39 is 0 Å². The van der Waals surface area contributed by atoms with Gasteiger partial charge in [0, 0.05) is 36.3 Å². The van der Waals surface area contributed by atoms with Crippen molar-refractivity contribution in [2.45, 2.75) is 13.8 Å². The van der Waals surface area contributed by atoms with E-state index in [4.69, 9.17) is 5.73 Å². The van der Waals surface area contributed by atoms with Crippen LogP contribution in [0.15, 0.2) is 30.6 Å². The average molecular weight is 272 g/mol. The van der Waals surface area contributed by atoms with Gasteiger partial charge >= 0.3 is 0 Å². The largest absolute Gasteiger partial charge is 0.397 e.